The predicted octanol–water partition coefficient (Wildman–Crippen LogP) is 4.08. The van der Waals surface area contributed by atoms with Crippen molar-refractivity contribution in [2.24, 2.45) is 0 Å². The van der Waals surface area contributed by atoms with Crippen LogP contribution >= 0.6 is 23.7 Å². The summed E-state index contributed by atoms with van der Waals surface area (Å²) in [6.45, 7) is 6.21. The molecule has 0 fully saturated rings. The molecule has 0 saturated carbocycles. The van der Waals surface area contributed by atoms with Gasteiger partial charge in [-0.3, -0.25) is 0 Å². The van der Waals surface area contributed by atoms with E-state index in [1.54, 1.807) is 0 Å². The second-order valence-electron chi connectivity index (χ2n) is 4.12. The van der Waals surface area contributed by atoms with E-state index in [2.05, 4.69) is 54.9 Å². The van der Waals surface area contributed by atoms with Crippen LogP contribution in [0.15, 0.2) is 35.7 Å². The zero-order chi connectivity index (χ0) is 11.4. The van der Waals surface area contributed by atoms with E-state index in [1.165, 1.54) is 21.6 Å². The maximum atomic E-state index is 3.48. The predicted molar refractivity (Wildman–Crippen MR) is 78.0 cm³/mol. The minimum absolute atomic E-state index is 0. The number of halogens is 1. The third-order valence-electron chi connectivity index (χ3n) is 2.67. The average Bonchev–Trinajstić information content (AvgIpc) is 2.65. The van der Waals surface area contributed by atoms with Crippen molar-refractivity contribution in [3.63, 3.8) is 0 Å². The minimum atomic E-state index is 0. The molecule has 0 spiro atoms. The van der Waals surface area contributed by atoms with Crippen LogP contribution in [0.25, 0.3) is 0 Å². The van der Waals surface area contributed by atoms with Crippen molar-refractivity contribution in [3.8, 4) is 0 Å². The van der Waals surface area contributed by atoms with Crippen LogP contribution in [0.3, 0.4) is 0 Å². The summed E-state index contributed by atoms with van der Waals surface area (Å²) in [7, 11) is 0. The lowest BCUT2D eigenvalue weighted by Gasteiger charge is -2.05. The highest BCUT2D eigenvalue weighted by Gasteiger charge is 1.99. The number of hydrogen-bond donors (Lipinski definition) is 1. The van der Waals surface area contributed by atoms with Gasteiger partial charge in [0, 0.05) is 18.0 Å². The number of hydrogen-bond acceptors (Lipinski definition) is 2. The van der Waals surface area contributed by atoms with Crippen LogP contribution < -0.4 is 5.32 Å². The fourth-order valence-corrected chi connectivity index (χ4v) is 2.60. The first-order valence-corrected chi connectivity index (χ1v) is 6.43. The molecule has 0 amide bonds. The Kier molecular flexibility index (Phi) is 5.69. The largest absolute Gasteiger partial charge is 0.308 e. The molecule has 0 aliphatic rings. The van der Waals surface area contributed by atoms with Crippen LogP contribution in [0.1, 0.15) is 21.6 Å². The highest BCUT2D eigenvalue weighted by atomic mass is 35.5. The molecular formula is C14H18ClNS. The van der Waals surface area contributed by atoms with Gasteiger partial charge in [-0.1, -0.05) is 29.8 Å². The minimum Gasteiger partial charge on any atom is -0.308 e. The fourth-order valence-electron chi connectivity index (χ4n) is 1.73. The third-order valence-corrected chi connectivity index (χ3v) is 3.69. The van der Waals surface area contributed by atoms with Gasteiger partial charge < -0.3 is 5.32 Å². The summed E-state index contributed by atoms with van der Waals surface area (Å²) >= 11 is 1.83. The van der Waals surface area contributed by atoms with E-state index >= 15 is 0 Å². The Morgan fingerprint density at radius 1 is 1.12 bits per heavy atom. The summed E-state index contributed by atoms with van der Waals surface area (Å²) in [5.74, 6) is 0. The Labute approximate surface area is 113 Å². The first-order valence-electron chi connectivity index (χ1n) is 5.55. The normalized spacial score (nSPS) is 10.0. The second kappa shape index (κ2) is 6.80. The monoisotopic (exact) mass is 267 g/mol. The lowest BCUT2D eigenvalue weighted by Crippen LogP contribution is -2.12. The van der Waals surface area contributed by atoms with E-state index in [4.69, 9.17) is 0 Å². The van der Waals surface area contributed by atoms with E-state index in [-0.39, 0.29) is 12.4 Å². The van der Waals surface area contributed by atoms with E-state index in [1.807, 2.05) is 11.3 Å². The zero-order valence-corrected chi connectivity index (χ0v) is 11.8. The van der Waals surface area contributed by atoms with Crippen LogP contribution in [0.2, 0.25) is 0 Å². The smallest absolute Gasteiger partial charge is 0.0305 e. The highest BCUT2D eigenvalue weighted by Crippen LogP contribution is 2.15. The zero-order valence-electron chi connectivity index (χ0n) is 10.2. The van der Waals surface area contributed by atoms with Gasteiger partial charge in [-0.25, -0.2) is 0 Å². The summed E-state index contributed by atoms with van der Waals surface area (Å²) < 4.78 is 0. The van der Waals surface area contributed by atoms with Gasteiger partial charge in [0.05, 0.1) is 0 Å². The number of benzene rings is 1. The fraction of sp³-hybridized carbons (Fsp3) is 0.286. The molecule has 1 aromatic heterocycles. The molecule has 0 saturated heterocycles. The van der Waals surface area contributed by atoms with Gasteiger partial charge in [-0.2, -0.15) is 0 Å². The molecule has 0 bridgehead atoms. The SMILES string of the molecule is Cc1cccc(CNCc2sccc2C)c1.Cl. The number of nitrogens with one attached hydrogen (secondary N) is 1. The molecule has 3 heteroatoms. The van der Waals surface area contributed by atoms with Crippen molar-refractivity contribution >= 4 is 23.7 Å². The van der Waals surface area contributed by atoms with Gasteiger partial charge in [0.25, 0.3) is 0 Å². The lowest BCUT2D eigenvalue weighted by atomic mass is 10.1. The molecule has 1 N–H and O–H groups in total. The Morgan fingerprint density at radius 2 is 1.94 bits per heavy atom. The molecular weight excluding hydrogens is 250 g/mol. The Bertz CT molecular complexity index is 465. The first-order chi connectivity index (χ1) is 7.75. The summed E-state index contributed by atoms with van der Waals surface area (Å²) in [6, 6.07) is 10.8. The van der Waals surface area contributed by atoms with Gasteiger partial charge in [0.15, 0.2) is 0 Å². The van der Waals surface area contributed by atoms with Crippen LogP contribution in [0, 0.1) is 13.8 Å². The molecule has 17 heavy (non-hydrogen) atoms. The highest BCUT2D eigenvalue weighted by molar-refractivity contribution is 7.10. The van der Waals surface area contributed by atoms with E-state index < -0.39 is 0 Å². The topological polar surface area (TPSA) is 12.0 Å². The van der Waals surface area contributed by atoms with Crippen molar-refractivity contribution in [1.82, 2.24) is 5.32 Å². The molecule has 2 rings (SSSR count). The average molecular weight is 268 g/mol. The maximum Gasteiger partial charge on any atom is 0.0305 e. The van der Waals surface area contributed by atoms with Crippen molar-refractivity contribution in [2.75, 3.05) is 0 Å². The van der Waals surface area contributed by atoms with Gasteiger partial charge in [0.2, 0.25) is 0 Å². The standard InChI is InChI=1S/C14H17NS.ClH/c1-11-4-3-5-13(8-11)9-15-10-14-12(2)6-7-16-14;/h3-8,15H,9-10H2,1-2H3;1H. The molecule has 0 atom stereocenters. The molecule has 0 unspecified atom stereocenters. The Morgan fingerprint density at radius 3 is 2.59 bits per heavy atom. The van der Waals surface area contributed by atoms with Gasteiger partial charge in [0.1, 0.15) is 0 Å². The van der Waals surface area contributed by atoms with Gasteiger partial charge in [-0.15, -0.1) is 23.7 Å². The van der Waals surface area contributed by atoms with Crippen molar-refractivity contribution in [2.45, 2.75) is 26.9 Å². The second-order valence-corrected chi connectivity index (χ2v) is 5.12. The molecule has 2 aromatic rings. The van der Waals surface area contributed by atoms with Crippen molar-refractivity contribution in [1.29, 1.82) is 0 Å². The van der Waals surface area contributed by atoms with Crippen LogP contribution in [-0.4, -0.2) is 0 Å². The van der Waals surface area contributed by atoms with E-state index in [0.29, 0.717) is 0 Å². The molecule has 1 heterocycles. The number of rotatable bonds is 4. The molecule has 1 aromatic carbocycles. The van der Waals surface area contributed by atoms with Crippen LogP contribution in [0.5, 0.6) is 0 Å². The molecule has 0 aliphatic carbocycles. The first kappa shape index (κ1) is 14.2. The Balaban J connectivity index is 0.00000144. The summed E-state index contributed by atoms with van der Waals surface area (Å²) in [5.41, 5.74) is 4.07. The van der Waals surface area contributed by atoms with Crippen molar-refractivity contribution < 1.29 is 0 Å². The van der Waals surface area contributed by atoms with Crippen LogP contribution in [-0.2, 0) is 13.1 Å². The number of aryl methyl sites for hydroxylation is 2. The molecule has 92 valence electrons. The summed E-state index contributed by atoms with van der Waals surface area (Å²) in [6.07, 6.45) is 0. The molecule has 1 nitrogen and oxygen atoms in total. The maximum absolute atomic E-state index is 3.48. The Hall–Kier alpha value is -0.830. The number of thiophene rings is 1. The van der Waals surface area contributed by atoms with Crippen molar-refractivity contribution in [3.05, 3.63) is 57.3 Å². The molecule has 0 aliphatic heterocycles. The quantitative estimate of drug-likeness (QED) is 0.880. The van der Waals surface area contributed by atoms with E-state index in [0.717, 1.165) is 13.1 Å². The van der Waals surface area contributed by atoms with Crippen LogP contribution in [0.4, 0.5) is 0 Å². The summed E-state index contributed by atoms with van der Waals surface area (Å²) in [4.78, 5) is 1.44. The van der Waals surface area contributed by atoms with E-state index in [9.17, 15) is 0 Å². The van der Waals surface area contributed by atoms with Gasteiger partial charge in [-0.05, 0) is 36.4 Å². The lowest BCUT2D eigenvalue weighted by molar-refractivity contribution is 0.698. The summed E-state index contributed by atoms with van der Waals surface area (Å²) in [5, 5.41) is 5.63. The molecule has 0 radical (unpaired) electrons. The third kappa shape index (κ3) is 4.15. The van der Waals surface area contributed by atoms with Gasteiger partial charge >= 0.3 is 0 Å².